The molecule has 0 N–H and O–H groups in total. The van der Waals surface area contributed by atoms with Crippen molar-refractivity contribution in [1.29, 1.82) is 5.26 Å². The second-order valence-corrected chi connectivity index (χ2v) is 6.11. The Morgan fingerprint density at radius 1 is 1.65 bits per heavy atom. The Morgan fingerprint density at radius 2 is 2.35 bits per heavy atom. The molecular weight excluding hydrogens is 214 g/mol. The van der Waals surface area contributed by atoms with Crippen LogP contribution < -0.4 is 0 Å². The van der Waals surface area contributed by atoms with Crippen molar-refractivity contribution in [2.75, 3.05) is 0 Å². The summed E-state index contributed by atoms with van der Waals surface area (Å²) in [6.45, 7) is 5.87. The quantitative estimate of drug-likeness (QED) is 0.734. The molecule has 4 bridgehead atoms. The van der Waals surface area contributed by atoms with Gasteiger partial charge in [-0.25, -0.2) is 0 Å². The van der Waals surface area contributed by atoms with Gasteiger partial charge in [0.1, 0.15) is 17.1 Å². The van der Waals surface area contributed by atoms with E-state index in [-0.39, 0.29) is 11.4 Å². The van der Waals surface area contributed by atoms with Crippen molar-refractivity contribution in [3.8, 4) is 6.07 Å². The summed E-state index contributed by atoms with van der Waals surface area (Å²) in [7, 11) is 0. The topological polar surface area (TPSA) is 50.1 Å². The van der Waals surface area contributed by atoms with Gasteiger partial charge in [0, 0.05) is 24.7 Å². The number of ketones is 1. The van der Waals surface area contributed by atoms with Gasteiger partial charge in [-0.3, -0.25) is 4.79 Å². The maximum absolute atomic E-state index is 11.4. The van der Waals surface area contributed by atoms with Crippen molar-refractivity contribution >= 4 is 5.78 Å². The fourth-order valence-electron chi connectivity index (χ4n) is 4.20. The summed E-state index contributed by atoms with van der Waals surface area (Å²) in [4.78, 5) is 11.4. The van der Waals surface area contributed by atoms with Gasteiger partial charge in [-0.1, -0.05) is 6.92 Å². The number of ether oxygens (including phenoxy) is 1. The lowest BCUT2D eigenvalue weighted by Gasteiger charge is -2.35. The van der Waals surface area contributed by atoms with E-state index in [2.05, 4.69) is 19.9 Å². The molecule has 3 heteroatoms. The van der Waals surface area contributed by atoms with E-state index in [0.29, 0.717) is 18.3 Å². The number of carbonyl (C=O) groups excluding carboxylic acids is 1. The van der Waals surface area contributed by atoms with Gasteiger partial charge in [0.25, 0.3) is 0 Å². The summed E-state index contributed by atoms with van der Waals surface area (Å²) < 4.78 is 6.07. The minimum atomic E-state index is -0.412. The number of rotatable bonds is 2. The molecule has 0 aromatic rings. The Hall–Kier alpha value is -1.30. The highest BCUT2D eigenvalue weighted by atomic mass is 16.5. The molecule has 2 fully saturated rings. The standard InChI is InChI=1S/C14H17NO2/c1-8(16)4-10-12-9(2)11-5-14(10,7-15)6-13(11,3)17-12/h9,11H,4-6H2,1-3H3/t9-,11?,13?,14?/m0/s1. The Bertz CT molecular complexity index is 487. The lowest BCUT2D eigenvalue weighted by Crippen LogP contribution is -2.32. The van der Waals surface area contributed by atoms with E-state index in [9.17, 15) is 10.1 Å². The molecule has 4 atom stereocenters. The molecule has 1 saturated heterocycles. The number of nitrogens with zero attached hydrogens (tertiary/aromatic N) is 1. The van der Waals surface area contributed by atoms with Crippen LogP contribution in [-0.2, 0) is 9.53 Å². The van der Waals surface area contributed by atoms with Crippen molar-refractivity contribution in [2.24, 2.45) is 17.3 Å². The summed E-state index contributed by atoms with van der Waals surface area (Å²) in [5.41, 5.74) is 0.405. The summed E-state index contributed by atoms with van der Waals surface area (Å²) >= 11 is 0. The normalized spacial score (nSPS) is 46.0. The highest BCUT2D eigenvalue weighted by Crippen LogP contribution is 2.67. The Labute approximate surface area is 101 Å². The first-order valence-corrected chi connectivity index (χ1v) is 6.25. The monoisotopic (exact) mass is 231 g/mol. The van der Waals surface area contributed by atoms with Crippen LogP contribution in [0.1, 0.15) is 40.0 Å². The van der Waals surface area contributed by atoms with E-state index < -0.39 is 5.41 Å². The zero-order chi connectivity index (χ0) is 12.4. The van der Waals surface area contributed by atoms with Crippen molar-refractivity contribution in [3.05, 3.63) is 11.3 Å². The van der Waals surface area contributed by atoms with Crippen LogP contribution in [0.25, 0.3) is 0 Å². The van der Waals surface area contributed by atoms with Gasteiger partial charge in [-0.05, 0) is 25.8 Å². The van der Waals surface area contributed by atoms with Gasteiger partial charge < -0.3 is 4.74 Å². The van der Waals surface area contributed by atoms with Gasteiger partial charge in [-0.2, -0.15) is 5.26 Å². The largest absolute Gasteiger partial charge is 0.491 e. The van der Waals surface area contributed by atoms with Crippen molar-refractivity contribution in [3.63, 3.8) is 0 Å². The molecule has 2 heterocycles. The zero-order valence-corrected chi connectivity index (χ0v) is 10.5. The van der Waals surface area contributed by atoms with Crippen LogP contribution in [0.5, 0.6) is 0 Å². The third-order valence-electron chi connectivity index (χ3n) is 4.88. The molecule has 0 radical (unpaired) electrons. The lowest BCUT2D eigenvalue weighted by molar-refractivity contribution is -0.116. The van der Waals surface area contributed by atoms with E-state index in [1.165, 1.54) is 0 Å². The third-order valence-corrected chi connectivity index (χ3v) is 4.88. The van der Waals surface area contributed by atoms with Crippen LogP contribution in [-0.4, -0.2) is 11.4 Å². The summed E-state index contributed by atoms with van der Waals surface area (Å²) in [6.07, 6.45) is 2.01. The zero-order valence-electron chi connectivity index (χ0n) is 10.5. The Kier molecular flexibility index (Phi) is 1.86. The highest BCUT2D eigenvalue weighted by Gasteiger charge is 2.66. The summed E-state index contributed by atoms with van der Waals surface area (Å²) in [5.74, 6) is 1.90. The van der Waals surface area contributed by atoms with Crippen molar-refractivity contribution in [1.82, 2.24) is 0 Å². The number of hydrogen-bond donors (Lipinski definition) is 0. The van der Waals surface area contributed by atoms with E-state index in [1.54, 1.807) is 6.92 Å². The number of nitriles is 1. The van der Waals surface area contributed by atoms with E-state index in [1.807, 2.05) is 0 Å². The van der Waals surface area contributed by atoms with E-state index >= 15 is 0 Å². The van der Waals surface area contributed by atoms with Crippen LogP contribution >= 0.6 is 0 Å². The molecule has 0 aromatic heterocycles. The fourth-order valence-corrected chi connectivity index (χ4v) is 4.20. The van der Waals surface area contributed by atoms with Crippen molar-refractivity contribution in [2.45, 2.75) is 45.6 Å². The van der Waals surface area contributed by atoms with Crippen molar-refractivity contribution < 1.29 is 9.53 Å². The van der Waals surface area contributed by atoms with E-state index in [0.717, 1.165) is 24.2 Å². The fraction of sp³-hybridized carbons (Fsp3) is 0.714. The molecule has 90 valence electrons. The minimum Gasteiger partial charge on any atom is -0.491 e. The van der Waals surface area contributed by atoms with Gasteiger partial charge in [-0.15, -0.1) is 0 Å². The van der Waals surface area contributed by atoms with Crippen LogP contribution in [0.15, 0.2) is 11.3 Å². The van der Waals surface area contributed by atoms with Gasteiger partial charge in [0.15, 0.2) is 0 Å². The molecule has 4 aliphatic rings. The number of hydrogen-bond acceptors (Lipinski definition) is 3. The average Bonchev–Trinajstić information content (AvgIpc) is 2.61. The predicted octanol–water partition coefficient (Wildman–Crippen LogP) is 2.58. The molecule has 0 spiro atoms. The Morgan fingerprint density at radius 3 is 2.88 bits per heavy atom. The Balaban J connectivity index is 2.15. The molecule has 2 aliphatic carbocycles. The number of carbonyl (C=O) groups is 1. The SMILES string of the molecule is CC(=O)CC1=C2OC3(C)CC1(C#N)CC3[C@@H]2C. The van der Waals surface area contributed by atoms with Crippen LogP contribution in [0.3, 0.4) is 0 Å². The second kappa shape index (κ2) is 2.93. The van der Waals surface area contributed by atoms with Crippen LogP contribution in [0.4, 0.5) is 0 Å². The molecule has 4 rings (SSSR count). The lowest BCUT2D eigenvalue weighted by atomic mass is 9.70. The molecule has 3 unspecified atom stereocenters. The predicted molar refractivity (Wildman–Crippen MR) is 61.7 cm³/mol. The molecule has 0 amide bonds. The molecule has 2 aliphatic heterocycles. The number of allylic oxidation sites excluding steroid dienone is 2. The summed E-state index contributed by atoms with van der Waals surface area (Å²) in [6, 6.07) is 2.48. The molecule has 3 nitrogen and oxygen atoms in total. The smallest absolute Gasteiger partial charge is 0.134 e. The minimum absolute atomic E-state index is 0.122. The van der Waals surface area contributed by atoms with Gasteiger partial charge >= 0.3 is 0 Å². The van der Waals surface area contributed by atoms with Gasteiger partial charge in [0.05, 0.1) is 11.5 Å². The average molecular weight is 231 g/mol. The third kappa shape index (κ3) is 1.14. The molecular formula is C14H17NO2. The van der Waals surface area contributed by atoms with Crippen LogP contribution in [0.2, 0.25) is 0 Å². The number of Topliss-reactive ketones (excluding diaryl/α,β-unsaturated/α-hetero) is 1. The first-order chi connectivity index (χ1) is 7.92. The second-order valence-electron chi connectivity index (χ2n) is 6.11. The first kappa shape index (κ1) is 10.8. The highest BCUT2D eigenvalue weighted by molar-refractivity contribution is 5.79. The van der Waals surface area contributed by atoms with Gasteiger partial charge in [0.2, 0.25) is 0 Å². The molecule has 1 saturated carbocycles. The molecule has 17 heavy (non-hydrogen) atoms. The molecule has 0 aromatic carbocycles. The maximum atomic E-state index is 11.4. The maximum Gasteiger partial charge on any atom is 0.134 e. The van der Waals surface area contributed by atoms with Crippen LogP contribution in [0, 0.1) is 28.6 Å². The summed E-state index contributed by atoms with van der Waals surface area (Å²) in [5, 5.41) is 9.54. The first-order valence-electron chi connectivity index (χ1n) is 6.25. The van der Waals surface area contributed by atoms with E-state index in [4.69, 9.17) is 4.74 Å².